The first-order chi connectivity index (χ1) is 11.9. The third-order valence-electron chi connectivity index (χ3n) is 7.01. The molecule has 4 saturated carbocycles. The minimum absolute atomic E-state index is 0.0926. The monoisotopic (exact) mass is 341 g/mol. The van der Waals surface area contributed by atoms with E-state index in [1.165, 1.54) is 19.3 Å². The predicted octanol–water partition coefficient (Wildman–Crippen LogP) is 3.36. The normalized spacial score (nSPS) is 35.2. The number of rotatable bonds is 5. The summed E-state index contributed by atoms with van der Waals surface area (Å²) in [5, 5.41) is 12.8. The van der Waals surface area contributed by atoms with Crippen LogP contribution < -0.4 is 5.32 Å². The second-order valence-electron chi connectivity index (χ2n) is 8.88. The quantitative estimate of drug-likeness (QED) is 0.863. The summed E-state index contributed by atoms with van der Waals surface area (Å²) < 4.78 is 0. The molecule has 4 heteroatoms. The fourth-order valence-corrected chi connectivity index (χ4v) is 5.94. The summed E-state index contributed by atoms with van der Waals surface area (Å²) in [5.74, 6) is 1.31. The van der Waals surface area contributed by atoms with Gasteiger partial charge in [0, 0.05) is 12.0 Å². The van der Waals surface area contributed by atoms with Gasteiger partial charge < -0.3 is 10.4 Å². The van der Waals surface area contributed by atoms with Crippen molar-refractivity contribution in [2.45, 2.75) is 50.9 Å². The van der Waals surface area contributed by atoms with Gasteiger partial charge in [-0.2, -0.15) is 0 Å². The fraction of sp³-hybridized carbons (Fsp3) is 0.619. The molecule has 1 aromatic carbocycles. The summed E-state index contributed by atoms with van der Waals surface area (Å²) in [6.07, 6.45) is 6.88. The van der Waals surface area contributed by atoms with Crippen LogP contribution >= 0.6 is 0 Å². The van der Waals surface area contributed by atoms with Gasteiger partial charge in [0.1, 0.15) is 5.41 Å². The van der Waals surface area contributed by atoms with Gasteiger partial charge in [0.15, 0.2) is 0 Å². The van der Waals surface area contributed by atoms with Crippen molar-refractivity contribution in [2.75, 3.05) is 6.54 Å². The van der Waals surface area contributed by atoms with Crippen molar-refractivity contribution in [3.8, 4) is 0 Å². The smallest absolute Gasteiger partial charge is 0.315 e. The molecule has 0 aromatic heterocycles. The molecule has 0 aliphatic heterocycles. The van der Waals surface area contributed by atoms with Crippen LogP contribution in [0.1, 0.15) is 51.0 Å². The van der Waals surface area contributed by atoms with E-state index in [1.54, 1.807) is 6.92 Å². The molecule has 1 aromatic rings. The van der Waals surface area contributed by atoms with Crippen molar-refractivity contribution in [1.29, 1.82) is 0 Å². The van der Waals surface area contributed by atoms with Gasteiger partial charge in [0.05, 0.1) is 0 Å². The number of carboxylic acid groups (broad SMARTS) is 1. The molecular formula is C21H27NO3. The van der Waals surface area contributed by atoms with Crippen LogP contribution in [-0.4, -0.2) is 23.5 Å². The molecule has 0 heterocycles. The Morgan fingerprint density at radius 3 is 2.08 bits per heavy atom. The highest BCUT2D eigenvalue weighted by atomic mass is 16.4. The van der Waals surface area contributed by atoms with Crippen molar-refractivity contribution < 1.29 is 14.7 Å². The largest absolute Gasteiger partial charge is 0.481 e. The summed E-state index contributed by atoms with van der Waals surface area (Å²) in [5.41, 5.74) is -0.599. The number of amides is 1. The van der Waals surface area contributed by atoms with Crippen LogP contribution in [-0.2, 0) is 15.0 Å². The van der Waals surface area contributed by atoms with Gasteiger partial charge in [0.2, 0.25) is 5.91 Å². The summed E-state index contributed by atoms with van der Waals surface area (Å²) >= 11 is 0. The Bertz CT molecular complexity index is 648. The third-order valence-corrected chi connectivity index (χ3v) is 7.01. The lowest BCUT2D eigenvalue weighted by Gasteiger charge is -2.55. The van der Waals surface area contributed by atoms with E-state index in [4.69, 9.17) is 0 Å². The molecular weight excluding hydrogens is 314 g/mol. The van der Waals surface area contributed by atoms with Crippen LogP contribution in [0.15, 0.2) is 30.3 Å². The van der Waals surface area contributed by atoms with E-state index in [0.717, 1.165) is 24.8 Å². The van der Waals surface area contributed by atoms with Crippen molar-refractivity contribution in [1.82, 2.24) is 5.32 Å². The number of aliphatic carboxylic acids is 1. The second-order valence-corrected chi connectivity index (χ2v) is 8.88. The first-order valence-corrected chi connectivity index (χ1v) is 9.48. The molecule has 2 N–H and O–H groups in total. The topological polar surface area (TPSA) is 66.4 Å². The van der Waals surface area contributed by atoms with Gasteiger partial charge in [-0.1, -0.05) is 30.3 Å². The van der Waals surface area contributed by atoms with Crippen LogP contribution in [0.3, 0.4) is 0 Å². The Kier molecular flexibility index (Phi) is 3.89. The Morgan fingerprint density at radius 1 is 1.08 bits per heavy atom. The number of carbonyl (C=O) groups is 2. The van der Waals surface area contributed by atoms with Gasteiger partial charge in [-0.15, -0.1) is 0 Å². The summed E-state index contributed by atoms with van der Waals surface area (Å²) in [4.78, 5) is 25.0. The Balaban J connectivity index is 1.50. The minimum Gasteiger partial charge on any atom is -0.481 e. The molecule has 134 valence electrons. The maximum atomic E-state index is 13.1. The molecule has 0 saturated heterocycles. The fourth-order valence-electron chi connectivity index (χ4n) is 5.94. The van der Waals surface area contributed by atoms with Gasteiger partial charge in [-0.25, -0.2) is 0 Å². The average molecular weight is 341 g/mol. The lowest BCUT2D eigenvalue weighted by atomic mass is 9.49. The van der Waals surface area contributed by atoms with E-state index in [9.17, 15) is 14.7 Å². The Labute approximate surface area is 149 Å². The molecule has 4 nitrogen and oxygen atoms in total. The van der Waals surface area contributed by atoms with Crippen molar-refractivity contribution >= 4 is 11.9 Å². The van der Waals surface area contributed by atoms with Crippen molar-refractivity contribution in [3.05, 3.63) is 35.9 Å². The third kappa shape index (κ3) is 2.76. The zero-order chi connectivity index (χ0) is 17.7. The van der Waals surface area contributed by atoms with Gasteiger partial charge in [0.25, 0.3) is 0 Å². The molecule has 0 spiro atoms. The highest BCUT2D eigenvalue weighted by Gasteiger charge is 2.54. The molecule has 4 fully saturated rings. The van der Waals surface area contributed by atoms with E-state index >= 15 is 0 Å². The standard InChI is InChI=1S/C21H27NO3/c1-20(19(24)25,17-5-3-2-4-6-17)13-22-18(23)21-10-14-7-15(11-21)9-16(8-14)12-21/h2-6,14-16H,7-13H2,1H3,(H,22,23)(H,24,25). The van der Waals surface area contributed by atoms with Crippen LogP contribution in [0.2, 0.25) is 0 Å². The van der Waals surface area contributed by atoms with E-state index in [-0.39, 0.29) is 17.9 Å². The number of nitrogens with one attached hydrogen (secondary N) is 1. The van der Waals surface area contributed by atoms with Crippen molar-refractivity contribution in [3.63, 3.8) is 0 Å². The Hall–Kier alpha value is -1.84. The average Bonchev–Trinajstić information content (AvgIpc) is 2.58. The van der Waals surface area contributed by atoms with Gasteiger partial charge in [-0.05, 0) is 68.8 Å². The number of benzene rings is 1. The zero-order valence-electron chi connectivity index (χ0n) is 14.8. The summed E-state index contributed by atoms with van der Waals surface area (Å²) in [6, 6.07) is 9.21. The highest BCUT2D eigenvalue weighted by molar-refractivity contribution is 5.86. The second kappa shape index (κ2) is 5.86. The molecule has 4 aliphatic carbocycles. The Morgan fingerprint density at radius 2 is 1.60 bits per heavy atom. The summed E-state index contributed by atoms with van der Waals surface area (Å²) in [7, 11) is 0. The first-order valence-electron chi connectivity index (χ1n) is 9.48. The molecule has 4 bridgehead atoms. The van der Waals surface area contributed by atoms with E-state index in [1.807, 2.05) is 30.3 Å². The summed E-state index contributed by atoms with van der Waals surface area (Å²) in [6.45, 7) is 1.84. The maximum absolute atomic E-state index is 13.1. The predicted molar refractivity (Wildman–Crippen MR) is 95.0 cm³/mol. The molecule has 25 heavy (non-hydrogen) atoms. The zero-order valence-corrected chi connectivity index (χ0v) is 14.8. The maximum Gasteiger partial charge on any atom is 0.315 e. The van der Waals surface area contributed by atoms with Gasteiger partial charge >= 0.3 is 5.97 Å². The lowest BCUT2D eigenvalue weighted by molar-refractivity contribution is -0.148. The molecule has 0 radical (unpaired) electrons. The SMILES string of the molecule is CC(CNC(=O)C12CC3CC(CC(C3)C1)C2)(C(=O)O)c1ccccc1. The van der Waals surface area contributed by atoms with Crippen LogP contribution in [0.5, 0.6) is 0 Å². The van der Waals surface area contributed by atoms with Crippen LogP contribution in [0, 0.1) is 23.2 Å². The molecule has 4 aliphatic rings. The van der Waals surface area contributed by atoms with Crippen molar-refractivity contribution in [2.24, 2.45) is 23.2 Å². The number of hydrogen-bond donors (Lipinski definition) is 2. The number of hydrogen-bond acceptors (Lipinski definition) is 2. The van der Waals surface area contributed by atoms with Crippen LogP contribution in [0.25, 0.3) is 0 Å². The van der Waals surface area contributed by atoms with E-state index in [2.05, 4.69) is 5.32 Å². The number of carbonyl (C=O) groups excluding carboxylic acids is 1. The molecule has 1 atom stereocenters. The van der Waals surface area contributed by atoms with E-state index in [0.29, 0.717) is 17.8 Å². The minimum atomic E-state index is -1.10. The lowest BCUT2D eigenvalue weighted by Crippen LogP contribution is -2.55. The van der Waals surface area contributed by atoms with Crippen LogP contribution in [0.4, 0.5) is 0 Å². The van der Waals surface area contributed by atoms with E-state index < -0.39 is 11.4 Å². The first kappa shape index (κ1) is 16.6. The highest BCUT2D eigenvalue weighted by Crippen LogP contribution is 2.60. The molecule has 5 rings (SSSR count). The number of carboxylic acids is 1. The molecule has 1 amide bonds. The molecule has 1 unspecified atom stereocenters. The van der Waals surface area contributed by atoms with Gasteiger partial charge in [-0.3, -0.25) is 9.59 Å².